The highest BCUT2D eigenvalue weighted by Gasteiger charge is 2.10. The Hall–Kier alpha value is -0.800. The number of nitrogens with one attached hydrogen (secondary N) is 1. The lowest BCUT2D eigenvalue weighted by Gasteiger charge is -2.18. The largest absolute Gasteiger partial charge is 0.391 e. The molecule has 0 aliphatic rings. The van der Waals surface area contributed by atoms with Crippen LogP contribution in [0.5, 0.6) is 0 Å². The summed E-state index contributed by atoms with van der Waals surface area (Å²) in [4.78, 5) is 0. The van der Waals surface area contributed by atoms with E-state index in [-0.39, 0.29) is 11.9 Å². The van der Waals surface area contributed by atoms with Gasteiger partial charge >= 0.3 is 0 Å². The van der Waals surface area contributed by atoms with E-state index >= 15 is 0 Å². The summed E-state index contributed by atoms with van der Waals surface area (Å²) in [5, 5.41) is 12.5. The minimum atomic E-state index is -0.548. The van der Waals surface area contributed by atoms with Gasteiger partial charge < -0.3 is 10.4 Å². The van der Waals surface area contributed by atoms with Gasteiger partial charge in [0, 0.05) is 11.1 Å². The lowest BCUT2D eigenvalue weighted by Crippen LogP contribution is -2.28. The first kappa shape index (κ1) is 11.3. The van der Waals surface area contributed by atoms with E-state index in [1.54, 1.807) is 13.8 Å². The normalized spacial score (nSPS) is 14.9. The first-order valence-corrected chi connectivity index (χ1v) is 4.78. The molecule has 0 bridgehead atoms. The maximum absolute atomic E-state index is 13.2. The molecule has 2 unspecified atom stereocenters. The van der Waals surface area contributed by atoms with Crippen molar-refractivity contribution in [3.8, 4) is 0 Å². The molecular weight excluding hydrogens is 205 g/mol. The molecule has 0 aliphatic carbocycles. The number of hydrogen-bond donors (Lipinski definition) is 2. The molecule has 0 radical (unpaired) electrons. The Kier molecular flexibility index (Phi) is 3.72. The zero-order chi connectivity index (χ0) is 10.7. The molecule has 1 aromatic carbocycles. The summed E-state index contributed by atoms with van der Waals surface area (Å²) in [6, 6.07) is 4.05. The molecule has 0 saturated carbocycles. The average molecular weight is 218 g/mol. The van der Waals surface area contributed by atoms with E-state index in [1.807, 2.05) is 0 Å². The minimum Gasteiger partial charge on any atom is -0.391 e. The summed E-state index contributed by atoms with van der Waals surface area (Å²) in [6.07, 6.45) is -0.548. The Morgan fingerprint density at radius 3 is 2.64 bits per heavy atom. The molecule has 0 aliphatic heterocycles. The molecule has 1 rings (SSSR count). The quantitative estimate of drug-likeness (QED) is 0.816. The van der Waals surface area contributed by atoms with Crippen LogP contribution in [0.3, 0.4) is 0 Å². The number of hydrogen-bond acceptors (Lipinski definition) is 2. The molecule has 2 atom stereocenters. The number of anilines is 1. The summed E-state index contributed by atoms with van der Waals surface area (Å²) in [7, 11) is 0. The van der Waals surface area contributed by atoms with Crippen LogP contribution in [-0.2, 0) is 0 Å². The predicted octanol–water partition coefficient (Wildman–Crippen LogP) is 2.66. The second-order valence-electron chi connectivity index (χ2n) is 3.30. The van der Waals surface area contributed by atoms with Crippen molar-refractivity contribution in [3.63, 3.8) is 0 Å². The highest BCUT2D eigenvalue weighted by atomic mass is 35.5. The number of aliphatic hydroxyl groups excluding tert-OH is 1. The van der Waals surface area contributed by atoms with E-state index in [9.17, 15) is 9.50 Å². The van der Waals surface area contributed by atoms with Crippen molar-refractivity contribution in [2.45, 2.75) is 26.0 Å². The Morgan fingerprint density at radius 1 is 1.43 bits per heavy atom. The van der Waals surface area contributed by atoms with E-state index < -0.39 is 6.10 Å². The predicted molar refractivity (Wildman–Crippen MR) is 56.2 cm³/mol. The summed E-state index contributed by atoms with van der Waals surface area (Å²) in [5.74, 6) is -0.373. The van der Waals surface area contributed by atoms with Crippen LogP contribution in [0, 0.1) is 5.82 Å². The molecule has 0 aromatic heterocycles. The van der Waals surface area contributed by atoms with E-state index in [0.717, 1.165) is 0 Å². The third-order valence-corrected chi connectivity index (χ3v) is 2.27. The zero-order valence-electron chi connectivity index (χ0n) is 8.09. The summed E-state index contributed by atoms with van der Waals surface area (Å²) < 4.78 is 13.2. The maximum atomic E-state index is 13.2. The highest BCUT2D eigenvalue weighted by molar-refractivity contribution is 6.30. The van der Waals surface area contributed by atoms with Crippen molar-refractivity contribution in [2.24, 2.45) is 0 Å². The van der Waals surface area contributed by atoms with Gasteiger partial charge in [-0.15, -0.1) is 0 Å². The third-order valence-electron chi connectivity index (χ3n) is 2.04. The summed E-state index contributed by atoms with van der Waals surface area (Å²) in [6.45, 7) is 3.41. The smallest absolute Gasteiger partial charge is 0.146 e. The SMILES string of the molecule is CC(O)C(C)Nc1cc(Cl)ccc1F. The summed E-state index contributed by atoms with van der Waals surface area (Å²) >= 11 is 5.71. The standard InChI is InChI=1S/C10H13ClFNO/c1-6(7(2)14)13-10-5-8(11)3-4-9(10)12/h3-7,13-14H,1-2H3. The Bertz CT molecular complexity index is 317. The van der Waals surface area contributed by atoms with E-state index in [4.69, 9.17) is 11.6 Å². The van der Waals surface area contributed by atoms with Crippen molar-refractivity contribution in [2.75, 3.05) is 5.32 Å². The first-order valence-electron chi connectivity index (χ1n) is 4.40. The zero-order valence-corrected chi connectivity index (χ0v) is 8.85. The van der Waals surface area contributed by atoms with Crippen molar-refractivity contribution >= 4 is 17.3 Å². The lowest BCUT2D eigenvalue weighted by molar-refractivity contribution is 0.177. The Balaban J connectivity index is 2.80. The van der Waals surface area contributed by atoms with Crippen LogP contribution in [-0.4, -0.2) is 17.3 Å². The van der Waals surface area contributed by atoms with Gasteiger partial charge in [-0.05, 0) is 32.0 Å². The van der Waals surface area contributed by atoms with Crippen LogP contribution in [0.25, 0.3) is 0 Å². The molecule has 4 heteroatoms. The second-order valence-corrected chi connectivity index (χ2v) is 3.73. The van der Waals surface area contributed by atoms with Gasteiger partial charge in [-0.3, -0.25) is 0 Å². The number of benzene rings is 1. The van der Waals surface area contributed by atoms with Crippen LogP contribution in [0.4, 0.5) is 10.1 Å². The number of aliphatic hydroxyl groups is 1. The second kappa shape index (κ2) is 4.62. The first-order chi connectivity index (χ1) is 6.50. The number of rotatable bonds is 3. The molecule has 2 nitrogen and oxygen atoms in total. The third kappa shape index (κ3) is 2.86. The van der Waals surface area contributed by atoms with E-state index in [1.165, 1.54) is 18.2 Å². The number of halogens is 2. The van der Waals surface area contributed by atoms with Gasteiger partial charge in [0.15, 0.2) is 0 Å². The molecule has 14 heavy (non-hydrogen) atoms. The van der Waals surface area contributed by atoms with Crippen LogP contribution in [0.15, 0.2) is 18.2 Å². The van der Waals surface area contributed by atoms with Crippen LogP contribution < -0.4 is 5.32 Å². The minimum absolute atomic E-state index is 0.219. The van der Waals surface area contributed by atoms with Crippen LogP contribution >= 0.6 is 11.6 Å². The van der Waals surface area contributed by atoms with Gasteiger partial charge in [-0.2, -0.15) is 0 Å². The monoisotopic (exact) mass is 217 g/mol. The Morgan fingerprint density at radius 2 is 2.07 bits per heavy atom. The van der Waals surface area contributed by atoms with Crippen molar-refractivity contribution < 1.29 is 9.50 Å². The molecule has 0 heterocycles. The molecule has 0 spiro atoms. The molecule has 0 saturated heterocycles. The van der Waals surface area contributed by atoms with Gasteiger partial charge in [0.1, 0.15) is 5.82 Å². The topological polar surface area (TPSA) is 32.3 Å². The van der Waals surface area contributed by atoms with Gasteiger partial charge in [-0.1, -0.05) is 11.6 Å². The van der Waals surface area contributed by atoms with E-state index in [2.05, 4.69) is 5.32 Å². The Labute approximate surface area is 87.7 Å². The van der Waals surface area contributed by atoms with Gasteiger partial charge in [0.2, 0.25) is 0 Å². The van der Waals surface area contributed by atoms with Crippen molar-refractivity contribution in [1.29, 1.82) is 0 Å². The fourth-order valence-electron chi connectivity index (χ4n) is 0.974. The van der Waals surface area contributed by atoms with Crippen LogP contribution in [0.1, 0.15) is 13.8 Å². The fourth-order valence-corrected chi connectivity index (χ4v) is 1.15. The van der Waals surface area contributed by atoms with Gasteiger partial charge in [-0.25, -0.2) is 4.39 Å². The van der Waals surface area contributed by atoms with Crippen LogP contribution in [0.2, 0.25) is 5.02 Å². The average Bonchev–Trinajstić information content (AvgIpc) is 2.11. The van der Waals surface area contributed by atoms with E-state index in [0.29, 0.717) is 10.7 Å². The lowest BCUT2D eigenvalue weighted by atomic mass is 10.2. The molecule has 78 valence electrons. The maximum Gasteiger partial charge on any atom is 0.146 e. The summed E-state index contributed by atoms with van der Waals surface area (Å²) in [5.41, 5.74) is 0.311. The van der Waals surface area contributed by atoms with Crippen molar-refractivity contribution in [1.82, 2.24) is 0 Å². The molecule has 0 amide bonds. The molecule has 0 fully saturated rings. The fraction of sp³-hybridized carbons (Fsp3) is 0.400. The molecule has 2 N–H and O–H groups in total. The van der Waals surface area contributed by atoms with Gasteiger partial charge in [0.25, 0.3) is 0 Å². The van der Waals surface area contributed by atoms with Gasteiger partial charge in [0.05, 0.1) is 11.8 Å². The molecule has 1 aromatic rings. The molecular formula is C10H13ClFNO. The highest BCUT2D eigenvalue weighted by Crippen LogP contribution is 2.20. The van der Waals surface area contributed by atoms with Crippen molar-refractivity contribution in [3.05, 3.63) is 29.0 Å².